The first-order chi connectivity index (χ1) is 14.9. The second-order valence-corrected chi connectivity index (χ2v) is 7.83. The molecule has 0 spiro atoms. The molecule has 0 N–H and O–H groups in total. The lowest BCUT2D eigenvalue weighted by atomic mass is 9.93. The molecule has 0 bridgehead atoms. The van der Waals surface area contributed by atoms with Crippen molar-refractivity contribution >= 4 is 32.3 Å². The standard InChI is InChI=1S/C30H20/c1-2-6-21(7-3-1)22-10-12-23(13-11-22)27-19-16-25-15-18-26-17-14-24-8-4-5-9-28(24)30(26)29(25)20-27/h1-20H. The largest absolute Gasteiger partial charge is 0.0622 e. The van der Waals surface area contributed by atoms with E-state index in [9.17, 15) is 0 Å². The zero-order valence-electron chi connectivity index (χ0n) is 16.5. The molecule has 140 valence electrons. The summed E-state index contributed by atoms with van der Waals surface area (Å²) < 4.78 is 0. The molecule has 0 saturated carbocycles. The smallest absolute Gasteiger partial charge is 0.00266 e. The summed E-state index contributed by atoms with van der Waals surface area (Å²) in [7, 11) is 0. The third-order valence-corrected chi connectivity index (χ3v) is 6.05. The molecule has 6 rings (SSSR count). The molecule has 0 nitrogen and oxygen atoms in total. The van der Waals surface area contributed by atoms with Gasteiger partial charge in [-0.2, -0.15) is 0 Å². The van der Waals surface area contributed by atoms with Gasteiger partial charge in [0.1, 0.15) is 0 Å². The maximum absolute atomic E-state index is 2.35. The maximum atomic E-state index is 2.35. The van der Waals surface area contributed by atoms with Crippen LogP contribution >= 0.6 is 0 Å². The summed E-state index contributed by atoms with van der Waals surface area (Å²) in [6.45, 7) is 0. The Kier molecular flexibility index (Phi) is 3.89. The van der Waals surface area contributed by atoms with Crippen LogP contribution in [0.3, 0.4) is 0 Å². The molecule has 30 heavy (non-hydrogen) atoms. The number of rotatable bonds is 2. The van der Waals surface area contributed by atoms with Crippen molar-refractivity contribution in [1.82, 2.24) is 0 Å². The molecule has 6 aromatic rings. The highest BCUT2D eigenvalue weighted by atomic mass is 14.1. The predicted molar refractivity (Wildman–Crippen MR) is 130 cm³/mol. The van der Waals surface area contributed by atoms with Crippen molar-refractivity contribution in [2.45, 2.75) is 0 Å². The Morgan fingerprint density at radius 3 is 1.57 bits per heavy atom. The van der Waals surface area contributed by atoms with Gasteiger partial charge in [0.05, 0.1) is 0 Å². The summed E-state index contributed by atoms with van der Waals surface area (Å²) in [5, 5.41) is 7.83. The Morgan fingerprint density at radius 2 is 0.800 bits per heavy atom. The van der Waals surface area contributed by atoms with Gasteiger partial charge in [0.25, 0.3) is 0 Å². The van der Waals surface area contributed by atoms with Gasteiger partial charge in [0.2, 0.25) is 0 Å². The van der Waals surface area contributed by atoms with Crippen LogP contribution in [-0.4, -0.2) is 0 Å². The van der Waals surface area contributed by atoms with E-state index in [0.29, 0.717) is 0 Å². The highest BCUT2D eigenvalue weighted by Gasteiger charge is 2.07. The molecule has 0 aliphatic heterocycles. The molecular weight excluding hydrogens is 360 g/mol. The quantitative estimate of drug-likeness (QED) is 0.264. The van der Waals surface area contributed by atoms with E-state index >= 15 is 0 Å². The minimum absolute atomic E-state index is 1.24. The molecule has 0 aromatic heterocycles. The van der Waals surface area contributed by atoms with Gasteiger partial charge in [-0.15, -0.1) is 0 Å². The molecule has 0 heterocycles. The predicted octanol–water partition coefficient (Wildman–Crippen LogP) is 8.48. The lowest BCUT2D eigenvalue weighted by molar-refractivity contribution is 1.60. The van der Waals surface area contributed by atoms with Crippen molar-refractivity contribution in [2.75, 3.05) is 0 Å². The fraction of sp³-hybridized carbons (Fsp3) is 0. The van der Waals surface area contributed by atoms with Gasteiger partial charge in [0, 0.05) is 0 Å². The van der Waals surface area contributed by atoms with Crippen LogP contribution in [0.5, 0.6) is 0 Å². The lowest BCUT2D eigenvalue weighted by Crippen LogP contribution is -1.84. The molecule has 0 aliphatic rings. The summed E-state index contributed by atoms with van der Waals surface area (Å²) in [5.74, 6) is 0. The third kappa shape index (κ3) is 2.77. The molecular formula is C30H20. The van der Waals surface area contributed by atoms with Gasteiger partial charge < -0.3 is 0 Å². The SMILES string of the molecule is c1ccc(-c2ccc(-c3ccc4ccc5ccc6ccccc6c5c4c3)cc2)cc1. The Morgan fingerprint density at radius 1 is 0.300 bits per heavy atom. The Hall–Kier alpha value is -3.90. The highest BCUT2D eigenvalue weighted by molar-refractivity contribution is 6.20. The van der Waals surface area contributed by atoms with E-state index in [4.69, 9.17) is 0 Å². The number of hydrogen-bond donors (Lipinski definition) is 0. The molecule has 0 heteroatoms. The van der Waals surface area contributed by atoms with E-state index in [1.165, 1.54) is 54.6 Å². The van der Waals surface area contributed by atoms with E-state index < -0.39 is 0 Å². The molecule has 0 unspecified atom stereocenters. The highest BCUT2D eigenvalue weighted by Crippen LogP contribution is 2.35. The van der Waals surface area contributed by atoms with Crippen molar-refractivity contribution in [3.63, 3.8) is 0 Å². The summed E-state index contributed by atoms with van der Waals surface area (Å²) in [5.41, 5.74) is 4.99. The first-order valence-corrected chi connectivity index (χ1v) is 10.4. The second kappa shape index (κ2) is 6.86. The van der Waals surface area contributed by atoms with Crippen molar-refractivity contribution < 1.29 is 0 Å². The summed E-state index contributed by atoms with van der Waals surface area (Å²) in [6.07, 6.45) is 0. The van der Waals surface area contributed by atoms with Crippen molar-refractivity contribution in [3.05, 3.63) is 121 Å². The van der Waals surface area contributed by atoms with Gasteiger partial charge in [-0.1, -0.05) is 115 Å². The van der Waals surface area contributed by atoms with Gasteiger partial charge in [-0.25, -0.2) is 0 Å². The van der Waals surface area contributed by atoms with Crippen LogP contribution in [0.15, 0.2) is 121 Å². The van der Waals surface area contributed by atoms with Crippen LogP contribution in [0.2, 0.25) is 0 Å². The number of benzene rings is 6. The zero-order chi connectivity index (χ0) is 19.9. The Labute approximate surface area is 176 Å². The average Bonchev–Trinajstić information content (AvgIpc) is 2.84. The van der Waals surface area contributed by atoms with Crippen LogP contribution in [0.1, 0.15) is 0 Å². The van der Waals surface area contributed by atoms with E-state index in [2.05, 4.69) is 121 Å². The third-order valence-electron chi connectivity index (χ3n) is 6.05. The fourth-order valence-corrected chi connectivity index (χ4v) is 4.49. The molecule has 0 amide bonds. The molecule has 0 saturated heterocycles. The van der Waals surface area contributed by atoms with Crippen LogP contribution < -0.4 is 0 Å². The van der Waals surface area contributed by atoms with Crippen LogP contribution in [0, 0.1) is 0 Å². The molecule has 6 aromatic carbocycles. The van der Waals surface area contributed by atoms with Crippen LogP contribution in [0.4, 0.5) is 0 Å². The average molecular weight is 380 g/mol. The van der Waals surface area contributed by atoms with Crippen molar-refractivity contribution in [1.29, 1.82) is 0 Å². The summed E-state index contributed by atoms with van der Waals surface area (Å²) >= 11 is 0. The number of hydrogen-bond acceptors (Lipinski definition) is 0. The van der Waals surface area contributed by atoms with Crippen LogP contribution in [0.25, 0.3) is 54.6 Å². The van der Waals surface area contributed by atoms with Gasteiger partial charge in [-0.3, -0.25) is 0 Å². The van der Waals surface area contributed by atoms with Gasteiger partial charge >= 0.3 is 0 Å². The molecule has 0 aliphatic carbocycles. The Bertz CT molecular complexity index is 1500. The van der Waals surface area contributed by atoms with Crippen molar-refractivity contribution in [2.24, 2.45) is 0 Å². The summed E-state index contributed by atoms with van der Waals surface area (Å²) in [6, 6.07) is 43.8. The van der Waals surface area contributed by atoms with E-state index in [1.54, 1.807) is 0 Å². The first kappa shape index (κ1) is 17.0. The van der Waals surface area contributed by atoms with E-state index in [-0.39, 0.29) is 0 Å². The first-order valence-electron chi connectivity index (χ1n) is 10.4. The van der Waals surface area contributed by atoms with E-state index in [0.717, 1.165) is 0 Å². The van der Waals surface area contributed by atoms with Crippen LogP contribution in [-0.2, 0) is 0 Å². The minimum atomic E-state index is 1.24. The fourth-order valence-electron chi connectivity index (χ4n) is 4.49. The molecule has 0 radical (unpaired) electrons. The second-order valence-electron chi connectivity index (χ2n) is 7.83. The lowest BCUT2D eigenvalue weighted by Gasteiger charge is -2.11. The normalized spacial score (nSPS) is 11.3. The van der Waals surface area contributed by atoms with Gasteiger partial charge in [-0.05, 0) is 60.6 Å². The minimum Gasteiger partial charge on any atom is -0.0622 e. The van der Waals surface area contributed by atoms with E-state index in [1.807, 2.05) is 0 Å². The summed E-state index contributed by atoms with van der Waals surface area (Å²) in [4.78, 5) is 0. The maximum Gasteiger partial charge on any atom is -0.00266 e. The number of fused-ring (bicyclic) bond motifs is 5. The zero-order valence-corrected chi connectivity index (χ0v) is 16.5. The Balaban J connectivity index is 1.54. The molecule has 0 fully saturated rings. The topological polar surface area (TPSA) is 0 Å². The monoisotopic (exact) mass is 380 g/mol. The molecule has 0 atom stereocenters. The van der Waals surface area contributed by atoms with Gasteiger partial charge in [0.15, 0.2) is 0 Å². The van der Waals surface area contributed by atoms with Crippen molar-refractivity contribution in [3.8, 4) is 22.3 Å².